The van der Waals surface area contributed by atoms with Crippen molar-refractivity contribution in [3.05, 3.63) is 28.8 Å². The number of hydrogen-bond donors (Lipinski definition) is 4. The molecule has 0 bridgehead atoms. The average Bonchev–Trinajstić information content (AvgIpc) is 2.32. The molecule has 2 amide bonds. The lowest BCUT2D eigenvalue weighted by molar-refractivity contribution is -0.137. The predicted molar refractivity (Wildman–Crippen MR) is 68.8 cm³/mol. The van der Waals surface area contributed by atoms with Crippen LogP contribution in [0.3, 0.4) is 0 Å². The molecule has 0 saturated carbocycles. The average molecular weight is 286 g/mol. The molecular formula is C11H12ClN3O4. The summed E-state index contributed by atoms with van der Waals surface area (Å²) in [5, 5.41) is 13.1. The molecule has 0 aliphatic carbocycles. The quantitative estimate of drug-likeness (QED) is 0.561. The number of hydrogen-bond acceptors (Lipinski definition) is 4. The Kier molecular flexibility index (Phi) is 5.13. The molecular weight excluding hydrogens is 274 g/mol. The van der Waals surface area contributed by atoms with Crippen LogP contribution in [0.5, 0.6) is 0 Å². The van der Waals surface area contributed by atoms with Crippen molar-refractivity contribution < 1.29 is 19.5 Å². The number of halogens is 1. The first-order valence-electron chi connectivity index (χ1n) is 5.21. The number of anilines is 1. The first kappa shape index (κ1) is 14.8. The molecule has 0 spiro atoms. The Morgan fingerprint density at radius 2 is 1.84 bits per heavy atom. The molecule has 8 heteroatoms. The monoisotopic (exact) mass is 285 g/mol. The van der Waals surface area contributed by atoms with E-state index in [1.54, 1.807) is 0 Å². The van der Waals surface area contributed by atoms with Gasteiger partial charge in [-0.3, -0.25) is 14.4 Å². The van der Waals surface area contributed by atoms with Crippen molar-refractivity contribution in [2.75, 3.05) is 18.8 Å². The van der Waals surface area contributed by atoms with Crippen LogP contribution in [-0.4, -0.2) is 36.0 Å². The van der Waals surface area contributed by atoms with Gasteiger partial charge in [0.2, 0.25) is 5.91 Å². The van der Waals surface area contributed by atoms with E-state index in [0.29, 0.717) is 10.7 Å². The Bertz CT molecular complexity index is 498. The molecule has 0 aliphatic heterocycles. The maximum atomic E-state index is 11.7. The second kappa shape index (κ2) is 6.60. The van der Waals surface area contributed by atoms with Crippen LogP contribution in [0.2, 0.25) is 5.02 Å². The minimum absolute atomic E-state index is 0.219. The summed E-state index contributed by atoms with van der Waals surface area (Å²) in [6.07, 6.45) is 0. The van der Waals surface area contributed by atoms with Crippen molar-refractivity contribution >= 4 is 35.1 Å². The van der Waals surface area contributed by atoms with Crippen molar-refractivity contribution in [1.29, 1.82) is 0 Å². The topological polar surface area (TPSA) is 122 Å². The van der Waals surface area contributed by atoms with Gasteiger partial charge in [0, 0.05) is 16.3 Å². The van der Waals surface area contributed by atoms with E-state index in [-0.39, 0.29) is 12.1 Å². The van der Waals surface area contributed by atoms with E-state index in [2.05, 4.69) is 10.6 Å². The van der Waals surface area contributed by atoms with E-state index in [0.717, 1.165) is 0 Å². The summed E-state index contributed by atoms with van der Waals surface area (Å²) in [5.74, 6) is -2.30. The fourth-order valence-electron chi connectivity index (χ4n) is 1.24. The summed E-state index contributed by atoms with van der Waals surface area (Å²) < 4.78 is 0. The summed E-state index contributed by atoms with van der Waals surface area (Å²) in [5.41, 5.74) is 6.07. The zero-order chi connectivity index (χ0) is 14.4. The van der Waals surface area contributed by atoms with Crippen LogP contribution in [0.15, 0.2) is 18.2 Å². The zero-order valence-electron chi connectivity index (χ0n) is 9.77. The third-order valence-corrected chi connectivity index (χ3v) is 2.25. The summed E-state index contributed by atoms with van der Waals surface area (Å²) >= 11 is 5.74. The number of rotatable bonds is 5. The lowest BCUT2D eigenvalue weighted by Crippen LogP contribution is -2.39. The second-order valence-electron chi connectivity index (χ2n) is 3.63. The Morgan fingerprint density at radius 3 is 2.42 bits per heavy atom. The molecule has 102 valence electrons. The van der Waals surface area contributed by atoms with Gasteiger partial charge >= 0.3 is 5.97 Å². The van der Waals surface area contributed by atoms with Crippen LogP contribution < -0.4 is 16.4 Å². The minimum atomic E-state index is -1.16. The highest BCUT2D eigenvalue weighted by Gasteiger charge is 2.10. The van der Waals surface area contributed by atoms with E-state index in [9.17, 15) is 14.4 Å². The Hall–Kier alpha value is -2.28. The number of aliphatic carboxylic acids is 1. The van der Waals surface area contributed by atoms with Gasteiger partial charge in [0.25, 0.3) is 5.91 Å². The van der Waals surface area contributed by atoms with Crippen LogP contribution in [0, 0.1) is 0 Å². The smallest absolute Gasteiger partial charge is 0.322 e. The third kappa shape index (κ3) is 5.26. The largest absolute Gasteiger partial charge is 0.480 e. The number of amides is 2. The third-order valence-electron chi connectivity index (χ3n) is 2.03. The van der Waals surface area contributed by atoms with Gasteiger partial charge in [0.15, 0.2) is 0 Å². The molecule has 0 unspecified atom stereocenters. The van der Waals surface area contributed by atoms with Gasteiger partial charge in [-0.1, -0.05) is 11.6 Å². The first-order chi connectivity index (χ1) is 8.88. The van der Waals surface area contributed by atoms with Gasteiger partial charge in [0.1, 0.15) is 6.54 Å². The van der Waals surface area contributed by atoms with Gasteiger partial charge in [-0.2, -0.15) is 0 Å². The lowest BCUT2D eigenvalue weighted by Gasteiger charge is -2.06. The molecule has 0 atom stereocenters. The van der Waals surface area contributed by atoms with Crippen molar-refractivity contribution in [2.24, 2.45) is 0 Å². The van der Waals surface area contributed by atoms with Crippen molar-refractivity contribution in [2.45, 2.75) is 0 Å². The summed E-state index contributed by atoms with van der Waals surface area (Å²) in [6.45, 7) is -0.836. The summed E-state index contributed by atoms with van der Waals surface area (Å²) in [7, 11) is 0. The molecule has 1 aromatic carbocycles. The number of nitrogens with two attached hydrogens (primary N) is 1. The highest BCUT2D eigenvalue weighted by molar-refractivity contribution is 6.31. The number of carboxylic acid groups (broad SMARTS) is 1. The standard InChI is InChI=1S/C11H12ClN3O4/c12-7-1-6(2-8(13)3-7)11(19)15-4-9(16)14-5-10(17)18/h1-3H,4-5,13H2,(H,14,16)(H,15,19)(H,17,18). The molecule has 5 N–H and O–H groups in total. The highest BCUT2D eigenvalue weighted by atomic mass is 35.5. The van der Waals surface area contributed by atoms with Gasteiger partial charge < -0.3 is 21.5 Å². The molecule has 1 rings (SSSR count). The number of benzene rings is 1. The highest BCUT2D eigenvalue weighted by Crippen LogP contribution is 2.16. The molecule has 0 aliphatic rings. The van der Waals surface area contributed by atoms with Crippen LogP contribution in [0.4, 0.5) is 5.69 Å². The number of carbonyl (C=O) groups excluding carboxylic acids is 2. The zero-order valence-corrected chi connectivity index (χ0v) is 10.5. The van der Waals surface area contributed by atoms with Gasteiger partial charge in [0.05, 0.1) is 6.54 Å². The maximum Gasteiger partial charge on any atom is 0.322 e. The SMILES string of the molecule is Nc1cc(Cl)cc(C(=O)NCC(=O)NCC(=O)O)c1. The summed E-state index contributed by atoms with van der Waals surface area (Å²) in [4.78, 5) is 33.1. The second-order valence-corrected chi connectivity index (χ2v) is 4.06. The summed E-state index contributed by atoms with van der Waals surface area (Å²) in [6, 6.07) is 4.30. The molecule has 0 saturated heterocycles. The molecule has 7 nitrogen and oxygen atoms in total. The van der Waals surface area contributed by atoms with Crippen LogP contribution in [-0.2, 0) is 9.59 Å². The minimum Gasteiger partial charge on any atom is -0.480 e. The number of carbonyl (C=O) groups is 3. The lowest BCUT2D eigenvalue weighted by atomic mass is 10.2. The van der Waals surface area contributed by atoms with E-state index >= 15 is 0 Å². The van der Waals surface area contributed by atoms with Crippen LogP contribution in [0.1, 0.15) is 10.4 Å². The first-order valence-corrected chi connectivity index (χ1v) is 5.59. The fourth-order valence-corrected chi connectivity index (χ4v) is 1.49. The fraction of sp³-hybridized carbons (Fsp3) is 0.182. The predicted octanol–water partition coefficient (Wildman–Crippen LogP) is -0.147. The van der Waals surface area contributed by atoms with E-state index in [1.807, 2.05) is 0 Å². The molecule has 1 aromatic rings. The normalized spacial score (nSPS) is 9.74. The molecule has 0 fully saturated rings. The van der Waals surface area contributed by atoms with Crippen molar-refractivity contribution in [3.8, 4) is 0 Å². The van der Waals surface area contributed by atoms with Crippen LogP contribution >= 0.6 is 11.6 Å². The molecule has 0 heterocycles. The molecule has 0 radical (unpaired) electrons. The number of carboxylic acids is 1. The number of nitrogens with one attached hydrogen (secondary N) is 2. The molecule has 19 heavy (non-hydrogen) atoms. The maximum absolute atomic E-state index is 11.7. The Labute approximate surface area is 113 Å². The number of nitrogen functional groups attached to an aromatic ring is 1. The van der Waals surface area contributed by atoms with E-state index < -0.39 is 24.3 Å². The molecule has 0 aromatic heterocycles. The van der Waals surface area contributed by atoms with Crippen molar-refractivity contribution in [3.63, 3.8) is 0 Å². The van der Waals surface area contributed by atoms with Crippen molar-refractivity contribution in [1.82, 2.24) is 10.6 Å². The van der Waals surface area contributed by atoms with Gasteiger partial charge in [-0.15, -0.1) is 0 Å². The van der Waals surface area contributed by atoms with E-state index in [1.165, 1.54) is 18.2 Å². The Morgan fingerprint density at radius 1 is 1.16 bits per heavy atom. The van der Waals surface area contributed by atoms with Gasteiger partial charge in [-0.25, -0.2) is 0 Å². The van der Waals surface area contributed by atoms with Gasteiger partial charge in [-0.05, 0) is 18.2 Å². The van der Waals surface area contributed by atoms with E-state index in [4.69, 9.17) is 22.4 Å². The Balaban J connectivity index is 2.51. The van der Waals surface area contributed by atoms with Crippen LogP contribution in [0.25, 0.3) is 0 Å².